The Kier molecular flexibility index (Phi) is 3.22. The van der Waals surface area contributed by atoms with Crippen LogP contribution in [0.2, 0.25) is 0 Å². The molecule has 0 atom stereocenters. The quantitative estimate of drug-likeness (QED) is 0.601. The molecule has 0 aliphatic rings. The van der Waals surface area contributed by atoms with Gasteiger partial charge in [0.2, 0.25) is 0 Å². The zero-order chi connectivity index (χ0) is 14.4. The van der Waals surface area contributed by atoms with Gasteiger partial charge in [-0.25, -0.2) is 4.39 Å². The largest absolute Gasteiger partial charge is 0.437 e. The Balaban J connectivity index is 3.56. The highest BCUT2D eigenvalue weighted by atomic mass is 19.4. The first-order valence-electron chi connectivity index (χ1n) is 4.40. The Morgan fingerprint density at radius 2 is 1.44 bits per heavy atom. The van der Waals surface area contributed by atoms with Crippen molar-refractivity contribution in [3.8, 4) is 0 Å². The molecule has 1 rings (SSSR count). The average Bonchev–Trinajstić information content (AvgIpc) is 2.55. The van der Waals surface area contributed by atoms with Gasteiger partial charge in [-0.3, -0.25) is 4.79 Å². The lowest BCUT2D eigenvalue weighted by molar-refractivity contribution is -0.350. The van der Waals surface area contributed by atoms with Gasteiger partial charge in [-0.1, -0.05) is 0 Å². The van der Waals surface area contributed by atoms with Gasteiger partial charge in [-0.15, -0.1) is 0 Å². The maximum absolute atomic E-state index is 13.6. The van der Waals surface area contributed by atoms with Crippen LogP contribution in [0.25, 0.3) is 0 Å². The molecule has 0 fully saturated rings. The number of aromatic nitrogens is 1. The van der Waals surface area contributed by atoms with Gasteiger partial charge in [0.25, 0.3) is 0 Å². The Morgan fingerprint density at radius 1 is 1.00 bits per heavy atom. The van der Waals surface area contributed by atoms with Crippen molar-refractivity contribution in [1.82, 2.24) is 4.57 Å². The van der Waals surface area contributed by atoms with Crippen molar-refractivity contribution in [3.05, 3.63) is 23.5 Å². The van der Waals surface area contributed by atoms with Crippen molar-refractivity contribution < 1.29 is 35.5 Å². The molecule has 0 amide bonds. The van der Waals surface area contributed by atoms with Crippen LogP contribution in [-0.4, -0.2) is 23.2 Å². The van der Waals surface area contributed by atoms with Gasteiger partial charge in [-0.2, -0.15) is 26.3 Å². The van der Waals surface area contributed by atoms with E-state index >= 15 is 0 Å². The van der Waals surface area contributed by atoms with Crippen LogP contribution in [0.15, 0.2) is 12.1 Å². The SMILES string of the molecule is Cn1c(C=O)ccc1C(F)(C(F)(F)F)C(F)(F)F. The highest BCUT2D eigenvalue weighted by Crippen LogP contribution is 2.53. The van der Waals surface area contributed by atoms with Gasteiger partial charge in [0, 0.05) is 7.05 Å². The van der Waals surface area contributed by atoms with Crippen molar-refractivity contribution in [1.29, 1.82) is 0 Å². The first-order valence-corrected chi connectivity index (χ1v) is 4.40. The fraction of sp³-hybridized carbons (Fsp3) is 0.444. The van der Waals surface area contributed by atoms with Crippen molar-refractivity contribution in [2.45, 2.75) is 18.0 Å². The zero-order valence-corrected chi connectivity index (χ0v) is 8.73. The molecule has 102 valence electrons. The lowest BCUT2D eigenvalue weighted by Crippen LogP contribution is -2.51. The summed E-state index contributed by atoms with van der Waals surface area (Å²) < 4.78 is 88.1. The number of halogens is 7. The Labute approximate surface area is 96.0 Å². The van der Waals surface area contributed by atoms with E-state index in [1.54, 1.807) is 0 Å². The smallest absolute Gasteiger partial charge is 0.342 e. The van der Waals surface area contributed by atoms with Crippen LogP contribution in [-0.2, 0) is 12.7 Å². The predicted molar refractivity (Wildman–Crippen MR) is 45.7 cm³/mol. The maximum atomic E-state index is 13.6. The highest BCUT2D eigenvalue weighted by molar-refractivity contribution is 5.72. The van der Waals surface area contributed by atoms with E-state index in [-0.39, 0.29) is 16.9 Å². The van der Waals surface area contributed by atoms with Crippen LogP contribution in [0.4, 0.5) is 30.7 Å². The van der Waals surface area contributed by atoms with Gasteiger partial charge in [0.15, 0.2) is 6.29 Å². The molecule has 0 unspecified atom stereocenters. The molecule has 0 spiro atoms. The number of hydrogen-bond donors (Lipinski definition) is 0. The third kappa shape index (κ3) is 1.87. The minimum Gasteiger partial charge on any atom is -0.342 e. The molecule has 0 aliphatic carbocycles. The average molecular weight is 277 g/mol. The Bertz CT molecular complexity index is 442. The highest BCUT2D eigenvalue weighted by Gasteiger charge is 2.74. The maximum Gasteiger partial charge on any atom is 0.437 e. The van der Waals surface area contributed by atoms with Crippen LogP contribution in [0.3, 0.4) is 0 Å². The number of rotatable bonds is 2. The second-order valence-electron chi connectivity index (χ2n) is 3.47. The third-order valence-electron chi connectivity index (χ3n) is 2.42. The molecule has 0 N–H and O–H groups in total. The normalized spacial score (nSPS) is 13.8. The van der Waals surface area contributed by atoms with Crippen molar-refractivity contribution in [2.75, 3.05) is 0 Å². The van der Waals surface area contributed by atoms with E-state index in [2.05, 4.69) is 0 Å². The van der Waals surface area contributed by atoms with E-state index in [4.69, 9.17) is 0 Å². The molecule has 0 radical (unpaired) electrons. The van der Waals surface area contributed by atoms with E-state index in [0.717, 1.165) is 7.05 Å². The second kappa shape index (κ2) is 3.99. The molecule has 0 bridgehead atoms. The number of aldehydes is 1. The summed E-state index contributed by atoms with van der Waals surface area (Å²) in [6, 6.07) is 0.957. The molecule has 0 aromatic carbocycles. The molecular weight excluding hydrogens is 271 g/mol. The molecule has 1 aromatic heterocycles. The first kappa shape index (κ1) is 14.5. The summed E-state index contributed by atoms with van der Waals surface area (Å²) in [4.78, 5) is 10.4. The molecule has 0 saturated carbocycles. The van der Waals surface area contributed by atoms with Gasteiger partial charge in [-0.05, 0) is 12.1 Å². The summed E-state index contributed by atoms with van der Waals surface area (Å²) in [7, 11) is 0.741. The molecular formula is C9H6F7NO. The van der Waals surface area contributed by atoms with E-state index in [1.807, 2.05) is 0 Å². The van der Waals surface area contributed by atoms with Crippen LogP contribution < -0.4 is 0 Å². The molecule has 1 aromatic rings. The van der Waals surface area contributed by atoms with Gasteiger partial charge >= 0.3 is 18.0 Å². The van der Waals surface area contributed by atoms with Gasteiger partial charge in [0.1, 0.15) is 0 Å². The summed E-state index contributed by atoms with van der Waals surface area (Å²) in [5.74, 6) is 0. The molecule has 1 heterocycles. The summed E-state index contributed by atoms with van der Waals surface area (Å²) in [6.45, 7) is 0. The minimum atomic E-state index is -6.18. The Morgan fingerprint density at radius 3 is 1.72 bits per heavy atom. The number of carbonyl (C=O) groups excluding carboxylic acids is 1. The minimum absolute atomic E-state index is 0.0245. The van der Waals surface area contributed by atoms with Crippen LogP contribution in [0.5, 0.6) is 0 Å². The van der Waals surface area contributed by atoms with Crippen LogP contribution in [0, 0.1) is 0 Å². The van der Waals surface area contributed by atoms with Crippen LogP contribution in [0.1, 0.15) is 16.2 Å². The number of nitrogens with zero attached hydrogens (tertiary/aromatic N) is 1. The topological polar surface area (TPSA) is 22.0 Å². The summed E-state index contributed by atoms with van der Waals surface area (Å²) >= 11 is 0. The van der Waals surface area contributed by atoms with Crippen molar-refractivity contribution >= 4 is 6.29 Å². The zero-order valence-electron chi connectivity index (χ0n) is 8.73. The van der Waals surface area contributed by atoms with E-state index < -0.39 is 29.4 Å². The first-order chi connectivity index (χ1) is 7.96. The van der Waals surface area contributed by atoms with Gasteiger partial charge < -0.3 is 4.57 Å². The van der Waals surface area contributed by atoms with E-state index in [9.17, 15) is 35.5 Å². The van der Waals surface area contributed by atoms with E-state index in [1.165, 1.54) is 0 Å². The second-order valence-corrected chi connectivity index (χ2v) is 3.47. The molecule has 2 nitrogen and oxygen atoms in total. The van der Waals surface area contributed by atoms with Crippen LogP contribution >= 0.6 is 0 Å². The molecule has 0 aliphatic heterocycles. The number of carbonyl (C=O) groups is 1. The standard InChI is InChI=1S/C9H6F7NO/c1-17-5(4-18)2-3-6(17)7(10,8(11,12)13)9(14,15)16/h2-4H,1H3. The molecule has 9 heteroatoms. The monoisotopic (exact) mass is 277 g/mol. The Hall–Kier alpha value is -1.54. The number of alkyl halides is 7. The lowest BCUT2D eigenvalue weighted by Gasteiger charge is -2.30. The summed E-state index contributed by atoms with van der Waals surface area (Å²) in [6.07, 6.45) is -12.3. The van der Waals surface area contributed by atoms with E-state index in [0.29, 0.717) is 6.07 Å². The summed E-state index contributed by atoms with van der Waals surface area (Å²) in [5.41, 5.74) is -7.71. The molecule has 18 heavy (non-hydrogen) atoms. The molecule has 0 saturated heterocycles. The van der Waals surface area contributed by atoms with Crippen molar-refractivity contribution in [3.63, 3.8) is 0 Å². The fourth-order valence-corrected chi connectivity index (χ4v) is 1.44. The van der Waals surface area contributed by atoms with Gasteiger partial charge in [0.05, 0.1) is 11.4 Å². The third-order valence-corrected chi connectivity index (χ3v) is 2.42. The fourth-order valence-electron chi connectivity index (χ4n) is 1.44. The number of hydrogen-bond acceptors (Lipinski definition) is 1. The summed E-state index contributed by atoms with van der Waals surface area (Å²) in [5, 5.41) is 0. The lowest BCUT2D eigenvalue weighted by atomic mass is 10.0. The predicted octanol–water partition coefficient (Wildman–Crippen LogP) is 3.13. The van der Waals surface area contributed by atoms with Crippen molar-refractivity contribution in [2.24, 2.45) is 7.05 Å².